The van der Waals surface area contributed by atoms with Gasteiger partial charge < -0.3 is 28.7 Å². The molecule has 0 aliphatic heterocycles. The summed E-state index contributed by atoms with van der Waals surface area (Å²) in [6, 6.07) is 23.9. The summed E-state index contributed by atoms with van der Waals surface area (Å²) in [6.45, 7) is 5.20. The Morgan fingerprint density at radius 1 is 0.518 bits per heavy atom. The van der Waals surface area contributed by atoms with E-state index in [9.17, 15) is 16.8 Å². The summed E-state index contributed by atoms with van der Waals surface area (Å²) in [4.78, 5) is 9.03. The van der Waals surface area contributed by atoms with E-state index in [1.54, 1.807) is 113 Å². The highest BCUT2D eigenvalue weighted by atomic mass is 32.2. The first-order valence-corrected chi connectivity index (χ1v) is 20.5. The lowest BCUT2D eigenvalue weighted by atomic mass is 10.1. The number of hydrogen-bond acceptors (Lipinski definition) is 12. The fraction of sp³-hybridized carbons (Fsp3) is 0.350. The molecule has 0 saturated carbocycles. The van der Waals surface area contributed by atoms with Gasteiger partial charge in [-0.15, -0.1) is 0 Å². The van der Waals surface area contributed by atoms with Gasteiger partial charge in [0.05, 0.1) is 49.7 Å². The molecule has 0 bridgehead atoms. The Hall–Kier alpha value is -5.16. The van der Waals surface area contributed by atoms with Crippen LogP contribution in [-0.2, 0) is 20.0 Å². The molecule has 0 radical (unpaired) electrons. The van der Waals surface area contributed by atoms with Crippen LogP contribution < -0.4 is 28.6 Å². The summed E-state index contributed by atoms with van der Waals surface area (Å²) in [5.41, 5.74) is 4.59. The largest absolute Gasteiger partial charge is 0.497 e. The summed E-state index contributed by atoms with van der Waals surface area (Å²) in [6.07, 6.45) is 1.08. The van der Waals surface area contributed by atoms with Crippen molar-refractivity contribution < 1.29 is 35.8 Å². The van der Waals surface area contributed by atoms with Gasteiger partial charge >= 0.3 is 0 Å². The molecule has 4 aromatic rings. The maximum absolute atomic E-state index is 12.6. The van der Waals surface area contributed by atoms with Crippen molar-refractivity contribution in [2.24, 2.45) is 10.2 Å². The van der Waals surface area contributed by atoms with Gasteiger partial charge in [-0.2, -0.15) is 36.7 Å². The molecule has 0 aliphatic rings. The van der Waals surface area contributed by atoms with E-state index in [1.807, 2.05) is 51.8 Å². The zero-order valence-corrected chi connectivity index (χ0v) is 35.4. The van der Waals surface area contributed by atoms with Crippen LogP contribution in [0.15, 0.2) is 105 Å². The van der Waals surface area contributed by atoms with Gasteiger partial charge in [-0.05, 0) is 90.6 Å². The van der Waals surface area contributed by atoms with E-state index in [2.05, 4.69) is 19.9 Å². The highest BCUT2D eigenvalue weighted by Gasteiger charge is 2.17. The van der Waals surface area contributed by atoms with Gasteiger partial charge in [-0.1, -0.05) is 35.4 Å². The van der Waals surface area contributed by atoms with E-state index in [0.29, 0.717) is 60.4 Å². The number of aryl methyl sites for hydroxylation is 2. The summed E-state index contributed by atoms with van der Waals surface area (Å²) in [7, 11) is 6.51. The van der Waals surface area contributed by atoms with E-state index in [0.717, 1.165) is 22.3 Å². The van der Waals surface area contributed by atoms with Crippen molar-refractivity contribution in [3.63, 3.8) is 0 Å². The Morgan fingerprint density at radius 2 is 0.804 bits per heavy atom. The Balaban J connectivity index is 0.000000300. The summed E-state index contributed by atoms with van der Waals surface area (Å²) in [5.74, 6) is 2.42. The minimum absolute atomic E-state index is 0.164. The van der Waals surface area contributed by atoms with Gasteiger partial charge in [0.15, 0.2) is 0 Å². The fourth-order valence-corrected chi connectivity index (χ4v) is 6.57. The lowest BCUT2D eigenvalue weighted by Gasteiger charge is -2.14. The van der Waals surface area contributed by atoms with Crippen LogP contribution in [0, 0.1) is 13.8 Å². The zero-order valence-electron chi connectivity index (χ0n) is 33.8. The number of rotatable bonds is 18. The first kappa shape index (κ1) is 45.2. The van der Waals surface area contributed by atoms with Crippen LogP contribution in [0.2, 0.25) is 0 Å². The van der Waals surface area contributed by atoms with Crippen LogP contribution in [0.25, 0.3) is 0 Å². The Kier molecular flexibility index (Phi) is 17.1. The normalized spacial score (nSPS) is 12.1. The average Bonchev–Trinajstić information content (AvgIpc) is 3.17. The van der Waals surface area contributed by atoms with Crippen molar-refractivity contribution in [1.29, 1.82) is 0 Å². The van der Waals surface area contributed by atoms with Crippen molar-refractivity contribution in [2.45, 2.75) is 36.5 Å². The van der Waals surface area contributed by atoms with Crippen LogP contribution in [0.4, 0.5) is 0 Å². The molecule has 0 amide bonds. The van der Waals surface area contributed by atoms with Crippen molar-refractivity contribution in [1.82, 2.24) is 19.5 Å². The molecule has 0 saturated heterocycles. The molecule has 0 spiro atoms. The molecule has 0 heterocycles. The molecule has 2 N–H and O–H groups in total. The molecule has 0 aromatic heterocycles. The van der Waals surface area contributed by atoms with Crippen LogP contribution in [-0.4, -0.2) is 108 Å². The van der Waals surface area contributed by atoms with E-state index in [4.69, 9.17) is 18.9 Å². The standard InChI is InChI=1S/2C20H27N3O4S/c2*1-15-6-8-19(9-7-15)28(24,25)22-21-20(10-11-23(2)3)16-12-17(26-4)14-18(13-16)27-5/h2*6-9,12-14,22H,10-11H2,1-5H3/b21-20+;21-20-. The summed E-state index contributed by atoms with van der Waals surface area (Å²) >= 11 is 0. The van der Waals surface area contributed by atoms with Crippen LogP contribution in [0.1, 0.15) is 35.1 Å². The first-order chi connectivity index (χ1) is 26.5. The number of hydrogen-bond donors (Lipinski definition) is 2. The molecule has 0 atom stereocenters. The van der Waals surface area contributed by atoms with Gasteiger partial charge in [0, 0.05) is 49.2 Å². The number of methoxy groups -OCH3 is 4. The lowest BCUT2D eigenvalue weighted by molar-refractivity contribution is 0.394. The molecule has 4 aromatic carbocycles. The number of hydrazone groups is 2. The molecule has 0 unspecified atom stereocenters. The van der Waals surface area contributed by atoms with E-state index in [1.165, 1.54) is 0 Å². The highest BCUT2D eigenvalue weighted by Crippen LogP contribution is 2.25. The van der Waals surface area contributed by atoms with Gasteiger partial charge in [-0.25, -0.2) is 0 Å². The molecule has 16 heteroatoms. The van der Waals surface area contributed by atoms with Crippen LogP contribution in [0.3, 0.4) is 0 Å². The second-order valence-corrected chi connectivity index (χ2v) is 16.6. The monoisotopic (exact) mass is 810 g/mol. The van der Waals surface area contributed by atoms with E-state index >= 15 is 0 Å². The maximum atomic E-state index is 12.6. The molecular formula is C40H54N6O8S2. The summed E-state index contributed by atoms with van der Waals surface area (Å²) in [5, 5.41) is 8.46. The third kappa shape index (κ3) is 14.2. The van der Waals surface area contributed by atoms with Gasteiger partial charge in [0.2, 0.25) is 0 Å². The first-order valence-electron chi connectivity index (χ1n) is 17.6. The maximum Gasteiger partial charge on any atom is 0.276 e. The van der Waals surface area contributed by atoms with Crippen molar-refractivity contribution in [3.05, 3.63) is 107 Å². The van der Waals surface area contributed by atoms with Gasteiger partial charge in [0.1, 0.15) is 23.0 Å². The number of nitrogens with zero attached hydrogens (tertiary/aromatic N) is 4. The van der Waals surface area contributed by atoms with Crippen molar-refractivity contribution in [3.8, 4) is 23.0 Å². The molecule has 14 nitrogen and oxygen atoms in total. The Labute approximate surface area is 332 Å². The molecule has 0 aliphatic carbocycles. The molecule has 4 rings (SSSR count). The quantitative estimate of drug-likeness (QED) is 0.0999. The highest BCUT2D eigenvalue weighted by molar-refractivity contribution is 7.89. The summed E-state index contributed by atoms with van der Waals surface area (Å²) < 4.78 is 71.6. The molecule has 304 valence electrons. The lowest BCUT2D eigenvalue weighted by Crippen LogP contribution is -2.23. The topological polar surface area (TPSA) is 160 Å². The van der Waals surface area contributed by atoms with Crippen LogP contribution >= 0.6 is 0 Å². The Bertz CT molecular complexity index is 1960. The predicted molar refractivity (Wildman–Crippen MR) is 222 cm³/mol. The fourth-order valence-electron chi connectivity index (χ4n) is 4.91. The minimum Gasteiger partial charge on any atom is -0.497 e. The third-order valence-corrected chi connectivity index (χ3v) is 10.7. The predicted octanol–water partition coefficient (Wildman–Crippen LogP) is 5.29. The zero-order chi connectivity index (χ0) is 41.5. The minimum atomic E-state index is -3.76. The van der Waals surface area contributed by atoms with Gasteiger partial charge in [0.25, 0.3) is 20.0 Å². The van der Waals surface area contributed by atoms with E-state index < -0.39 is 20.0 Å². The molecule has 0 fully saturated rings. The van der Waals surface area contributed by atoms with Gasteiger partial charge in [-0.3, -0.25) is 0 Å². The number of ether oxygens (including phenoxy) is 4. The van der Waals surface area contributed by atoms with Crippen molar-refractivity contribution >= 4 is 31.5 Å². The van der Waals surface area contributed by atoms with E-state index in [-0.39, 0.29) is 9.79 Å². The number of benzene rings is 4. The average molecular weight is 811 g/mol. The second kappa shape index (κ2) is 21.2. The molecule has 56 heavy (non-hydrogen) atoms. The Morgan fingerprint density at radius 3 is 1.05 bits per heavy atom. The third-order valence-electron chi connectivity index (χ3n) is 8.23. The number of sulfonamides is 2. The SMILES string of the molecule is COc1cc(OC)cc(/C(CCN(C)C)=N/NS(=O)(=O)c2ccc(C)cc2)c1.COc1cc(OC)cc(/C(CCN(C)C)=N\NS(=O)(=O)c2ccc(C)cc2)c1. The van der Waals surface area contributed by atoms with Crippen LogP contribution in [0.5, 0.6) is 23.0 Å². The van der Waals surface area contributed by atoms with Crippen molar-refractivity contribution in [2.75, 3.05) is 69.7 Å². The second-order valence-electron chi connectivity index (χ2n) is 13.2. The molecular weight excluding hydrogens is 757 g/mol. The smallest absolute Gasteiger partial charge is 0.276 e. The number of nitrogens with one attached hydrogen (secondary N) is 2.